The summed E-state index contributed by atoms with van der Waals surface area (Å²) in [6.07, 6.45) is 3.52. The first-order chi connectivity index (χ1) is 9.23. The number of para-hydroxylation sites is 1. The topological polar surface area (TPSA) is 32.7 Å². The van der Waals surface area contributed by atoms with Crippen molar-refractivity contribution < 1.29 is 4.79 Å². The molecule has 3 nitrogen and oxygen atoms in total. The Balaban J connectivity index is 2.14. The summed E-state index contributed by atoms with van der Waals surface area (Å²) in [4.78, 5) is 12.6. The third-order valence-electron chi connectivity index (χ3n) is 3.57. The maximum Gasteiger partial charge on any atom is 0.259 e. The van der Waals surface area contributed by atoms with Gasteiger partial charge in [0.05, 0.1) is 11.1 Å². The molecule has 0 saturated heterocycles. The van der Waals surface area contributed by atoms with Crippen molar-refractivity contribution in [2.24, 2.45) is 10.5 Å². The van der Waals surface area contributed by atoms with E-state index in [1.807, 2.05) is 48.3 Å². The maximum atomic E-state index is 12.6. The smallest absolute Gasteiger partial charge is 0.259 e. The van der Waals surface area contributed by atoms with Gasteiger partial charge in [0.1, 0.15) is 0 Å². The van der Waals surface area contributed by atoms with Crippen molar-refractivity contribution in [1.29, 1.82) is 0 Å². The minimum atomic E-state index is -0.405. The molecule has 1 atom stereocenters. The van der Waals surface area contributed by atoms with Gasteiger partial charge in [-0.05, 0) is 36.5 Å². The summed E-state index contributed by atoms with van der Waals surface area (Å²) in [5.74, 6) is 2.20. The Morgan fingerprint density at radius 2 is 2.00 bits per heavy atom. The number of thioether (sulfide) groups is 1. The first kappa shape index (κ1) is 14.1. The number of anilines is 1. The van der Waals surface area contributed by atoms with Crippen LogP contribution in [-0.4, -0.2) is 23.6 Å². The van der Waals surface area contributed by atoms with Gasteiger partial charge in [-0.3, -0.25) is 4.79 Å². The highest BCUT2D eigenvalue weighted by atomic mass is 32.2. The Bertz CT molecular complexity index is 460. The Hall–Kier alpha value is -1.29. The van der Waals surface area contributed by atoms with E-state index in [2.05, 4.69) is 18.9 Å². The lowest BCUT2D eigenvalue weighted by Gasteiger charge is -2.24. The number of nitrogens with zero attached hydrogens (tertiary/aromatic N) is 2. The van der Waals surface area contributed by atoms with Crippen molar-refractivity contribution in [3.63, 3.8) is 0 Å². The molecule has 0 bridgehead atoms. The van der Waals surface area contributed by atoms with Crippen LogP contribution in [0.5, 0.6) is 0 Å². The Kier molecular flexibility index (Phi) is 4.64. The maximum absolute atomic E-state index is 12.6. The second kappa shape index (κ2) is 6.24. The Morgan fingerprint density at radius 1 is 1.26 bits per heavy atom. The average Bonchev–Trinajstić information content (AvgIpc) is 2.78. The largest absolute Gasteiger partial charge is 0.271 e. The van der Waals surface area contributed by atoms with Crippen LogP contribution in [0.15, 0.2) is 35.4 Å². The van der Waals surface area contributed by atoms with Gasteiger partial charge in [-0.15, -0.1) is 0 Å². The summed E-state index contributed by atoms with van der Waals surface area (Å²) in [6, 6.07) is 9.64. The molecule has 1 amide bonds. The Morgan fingerprint density at radius 3 is 2.63 bits per heavy atom. The number of benzene rings is 1. The van der Waals surface area contributed by atoms with E-state index >= 15 is 0 Å². The summed E-state index contributed by atoms with van der Waals surface area (Å²) in [6.45, 7) is 4.21. The van der Waals surface area contributed by atoms with Gasteiger partial charge in [-0.25, -0.2) is 5.01 Å². The van der Waals surface area contributed by atoms with Gasteiger partial charge in [-0.1, -0.05) is 32.0 Å². The van der Waals surface area contributed by atoms with Crippen molar-refractivity contribution >= 4 is 29.6 Å². The van der Waals surface area contributed by atoms with E-state index in [-0.39, 0.29) is 5.91 Å². The van der Waals surface area contributed by atoms with E-state index in [0.29, 0.717) is 0 Å². The zero-order chi connectivity index (χ0) is 13.7. The summed E-state index contributed by atoms with van der Waals surface area (Å²) < 4.78 is 0. The molecule has 0 N–H and O–H groups in total. The van der Waals surface area contributed by atoms with E-state index in [1.54, 1.807) is 5.01 Å². The number of rotatable bonds is 6. The second-order valence-electron chi connectivity index (χ2n) is 4.65. The summed E-state index contributed by atoms with van der Waals surface area (Å²) >= 11 is 1.88. The fourth-order valence-electron chi connectivity index (χ4n) is 2.23. The molecule has 0 aromatic heterocycles. The molecule has 1 aliphatic rings. The molecule has 0 fully saturated rings. The van der Waals surface area contributed by atoms with Crippen LogP contribution < -0.4 is 5.01 Å². The highest BCUT2D eigenvalue weighted by molar-refractivity contribution is 7.99. The molecule has 1 aromatic rings. The average molecular weight is 276 g/mol. The molecule has 0 saturated carbocycles. The van der Waals surface area contributed by atoms with Crippen LogP contribution in [0, 0.1) is 5.41 Å². The van der Waals surface area contributed by atoms with Crippen LogP contribution in [0.25, 0.3) is 0 Å². The number of hydrogen-bond donors (Lipinski definition) is 0. The number of hydrogen-bond acceptors (Lipinski definition) is 3. The highest BCUT2D eigenvalue weighted by Gasteiger charge is 2.43. The molecule has 1 heterocycles. The zero-order valence-electron chi connectivity index (χ0n) is 11.5. The molecule has 1 unspecified atom stereocenters. The van der Waals surface area contributed by atoms with Crippen molar-refractivity contribution in [2.45, 2.75) is 26.7 Å². The number of amides is 1. The van der Waals surface area contributed by atoms with Crippen molar-refractivity contribution in [3.8, 4) is 0 Å². The molecular weight excluding hydrogens is 256 g/mol. The molecule has 1 aromatic carbocycles. The van der Waals surface area contributed by atoms with Gasteiger partial charge in [0.15, 0.2) is 0 Å². The third kappa shape index (κ3) is 2.84. The van der Waals surface area contributed by atoms with Crippen molar-refractivity contribution in [1.82, 2.24) is 0 Å². The normalized spacial score (nSPS) is 22.2. The number of hydrazone groups is 1. The minimum absolute atomic E-state index is 0.109. The monoisotopic (exact) mass is 276 g/mol. The quantitative estimate of drug-likeness (QED) is 0.744. The highest BCUT2D eigenvalue weighted by Crippen LogP contribution is 2.35. The molecule has 102 valence electrons. The standard InChI is InChI=1S/C15H20N2OS/c1-3-15(10-11-19-4-2)12-16-17(14(15)18)13-8-6-5-7-9-13/h5-9,12H,3-4,10-11H2,1-2H3. The van der Waals surface area contributed by atoms with Gasteiger partial charge in [0.2, 0.25) is 0 Å². The van der Waals surface area contributed by atoms with Gasteiger partial charge < -0.3 is 0 Å². The summed E-state index contributed by atoms with van der Waals surface area (Å²) in [5, 5.41) is 5.88. The lowest BCUT2D eigenvalue weighted by molar-refractivity contribution is -0.124. The van der Waals surface area contributed by atoms with Crippen LogP contribution in [0.3, 0.4) is 0 Å². The molecule has 0 radical (unpaired) electrons. The molecular formula is C15H20N2OS. The van der Waals surface area contributed by atoms with E-state index < -0.39 is 5.41 Å². The lowest BCUT2D eigenvalue weighted by Crippen LogP contribution is -2.36. The van der Waals surface area contributed by atoms with Crippen LogP contribution >= 0.6 is 11.8 Å². The number of carbonyl (C=O) groups excluding carboxylic acids is 1. The van der Waals surface area contributed by atoms with Crippen LogP contribution in [0.4, 0.5) is 5.69 Å². The fourth-order valence-corrected chi connectivity index (χ4v) is 3.03. The van der Waals surface area contributed by atoms with Crippen LogP contribution in [0.1, 0.15) is 26.7 Å². The predicted molar refractivity (Wildman–Crippen MR) is 82.8 cm³/mol. The number of carbonyl (C=O) groups is 1. The van der Waals surface area contributed by atoms with Crippen molar-refractivity contribution in [3.05, 3.63) is 30.3 Å². The second-order valence-corrected chi connectivity index (χ2v) is 6.05. The van der Waals surface area contributed by atoms with Crippen molar-refractivity contribution in [2.75, 3.05) is 16.5 Å². The van der Waals surface area contributed by atoms with E-state index in [1.165, 1.54) is 0 Å². The summed E-state index contributed by atoms with van der Waals surface area (Å²) in [5.41, 5.74) is 0.445. The first-order valence-corrected chi connectivity index (χ1v) is 7.91. The van der Waals surface area contributed by atoms with Gasteiger partial charge >= 0.3 is 0 Å². The van der Waals surface area contributed by atoms with Gasteiger partial charge in [0.25, 0.3) is 5.91 Å². The fraction of sp³-hybridized carbons (Fsp3) is 0.467. The molecule has 2 rings (SSSR count). The third-order valence-corrected chi connectivity index (χ3v) is 4.47. The zero-order valence-corrected chi connectivity index (χ0v) is 12.3. The lowest BCUT2D eigenvalue weighted by atomic mass is 9.83. The van der Waals surface area contributed by atoms with Crippen LogP contribution in [-0.2, 0) is 4.79 Å². The summed E-state index contributed by atoms with van der Waals surface area (Å²) in [7, 11) is 0. The minimum Gasteiger partial charge on any atom is -0.271 e. The molecule has 0 spiro atoms. The molecule has 19 heavy (non-hydrogen) atoms. The van der Waals surface area contributed by atoms with E-state index in [0.717, 1.165) is 30.0 Å². The van der Waals surface area contributed by atoms with Crippen LogP contribution in [0.2, 0.25) is 0 Å². The van der Waals surface area contributed by atoms with E-state index in [4.69, 9.17) is 0 Å². The van der Waals surface area contributed by atoms with E-state index in [9.17, 15) is 4.79 Å². The molecule has 4 heteroatoms. The molecule has 1 aliphatic heterocycles. The predicted octanol–water partition coefficient (Wildman–Crippen LogP) is 3.56. The van der Waals surface area contributed by atoms with Gasteiger partial charge in [0, 0.05) is 6.21 Å². The Labute approximate surface area is 119 Å². The SMILES string of the molecule is CCSCCC1(CC)C=NN(c2ccccc2)C1=O. The van der Waals surface area contributed by atoms with Gasteiger partial charge in [-0.2, -0.15) is 16.9 Å². The molecule has 0 aliphatic carbocycles. The first-order valence-electron chi connectivity index (χ1n) is 6.76.